The number of carboxylic acids is 1. The molecule has 0 radical (unpaired) electrons. The van der Waals surface area contributed by atoms with E-state index in [1.165, 1.54) is 6.92 Å². The zero-order chi connectivity index (χ0) is 9.84. The summed E-state index contributed by atoms with van der Waals surface area (Å²) in [7, 11) is 0. The number of Topliss-reactive ketones (excluding diaryl/α,β-unsaturated/α-hetero) is 1. The molecule has 1 aromatic carbocycles. The van der Waals surface area contributed by atoms with Crippen molar-refractivity contribution in [3.8, 4) is 0 Å². The fraction of sp³-hybridized carbons (Fsp3) is 0.200. The van der Waals surface area contributed by atoms with Crippen LogP contribution in [0.15, 0.2) is 24.3 Å². The van der Waals surface area contributed by atoms with Crippen LogP contribution in [-0.2, 0) is 11.2 Å². The molecule has 0 saturated carbocycles. The van der Waals surface area contributed by atoms with Gasteiger partial charge in [-0.1, -0.05) is 24.3 Å². The molecule has 0 saturated heterocycles. The van der Waals surface area contributed by atoms with Crippen LogP contribution in [0.1, 0.15) is 22.8 Å². The van der Waals surface area contributed by atoms with Crippen LogP contribution in [0.5, 0.6) is 0 Å². The lowest BCUT2D eigenvalue weighted by Gasteiger charge is -1.98. The Bertz CT molecular complexity index is 325. The van der Waals surface area contributed by atoms with Crippen molar-refractivity contribution in [3.05, 3.63) is 35.4 Å². The Labute approximate surface area is 76.0 Å². The summed E-state index contributed by atoms with van der Waals surface area (Å²) in [5, 5.41) is 8.48. The minimum Gasteiger partial charge on any atom is -0.481 e. The van der Waals surface area contributed by atoms with Gasteiger partial charge in [-0.05, 0) is 12.5 Å². The van der Waals surface area contributed by atoms with E-state index in [0.717, 1.165) is 0 Å². The predicted octanol–water partition coefficient (Wildman–Crippen LogP) is 1.52. The van der Waals surface area contributed by atoms with E-state index in [9.17, 15) is 9.59 Å². The van der Waals surface area contributed by atoms with Gasteiger partial charge in [0, 0.05) is 5.56 Å². The van der Waals surface area contributed by atoms with Crippen LogP contribution in [0, 0.1) is 0 Å². The number of carbonyl (C=O) groups is 2. The van der Waals surface area contributed by atoms with Crippen molar-refractivity contribution >= 4 is 11.8 Å². The highest BCUT2D eigenvalue weighted by Crippen LogP contribution is 2.05. The summed E-state index contributed by atoms with van der Waals surface area (Å²) in [6, 6.07) is 6.59. The SMILES string of the molecule is CC(=O)c1ccc(CC(=O)O)cc1. The molecule has 0 aliphatic heterocycles. The average molecular weight is 178 g/mol. The van der Waals surface area contributed by atoms with Crippen LogP contribution in [0.4, 0.5) is 0 Å². The molecular weight excluding hydrogens is 168 g/mol. The van der Waals surface area contributed by atoms with Crippen LogP contribution in [0.3, 0.4) is 0 Å². The van der Waals surface area contributed by atoms with Gasteiger partial charge in [-0.15, -0.1) is 0 Å². The number of benzene rings is 1. The first kappa shape index (κ1) is 9.45. The van der Waals surface area contributed by atoms with Crippen molar-refractivity contribution < 1.29 is 14.7 Å². The van der Waals surface area contributed by atoms with Crippen LogP contribution in [-0.4, -0.2) is 16.9 Å². The third-order valence-electron chi connectivity index (χ3n) is 1.72. The number of hydrogen-bond acceptors (Lipinski definition) is 2. The Morgan fingerprint density at radius 3 is 2.15 bits per heavy atom. The highest BCUT2D eigenvalue weighted by molar-refractivity contribution is 5.94. The van der Waals surface area contributed by atoms with Gasteiger partial charge < -0.3 is 5.11 Å². The molecule has 0 heterocycles. The maximum atomic E-state index is 10.9. The van der Waals surface area contributed by atoms with Crippen molar-refractivity contribution in [1.29, 1.82) is 0 Å². The lowest BCUT2D eigenvalue weighted by molar-refractivity contribution is -0.136. The van der Waals surface area contributed by atoms with Gasteiger partial charge in [0.05, 0.1) is 6.42 Å². The monoisotopic (exact) mass is 178 g/mol. The minimum absolute atomic E-state index is 0.00180. The molecule has 0 aliphatic carbocycles. The van der Waals surface area contributed by atoms with Crippen molar-refractivity contribution in [3.63, 3.8) is 0 Å². The van der Waals surface area contributed by atoms with Gasteiger partial charge in [0.15, 0.2) is 5.78 Å². The van der Waals surface area contributed by atoms with Gasteiger partial charge in [-0.3, -0.25) is 9.59 Å². The van der Waals surface area contributed by atoms with Crippen molar-refractivity contribution in [2.45, 2.75) is 13.3 Å². The van der Waals surface area contributed by atoms with Gasteiger partial charge in [-0.25, -0.2) is 0 Å². The second-order valence-corrected chi connectivity index (χ2v) is 2.82. The summed E-state index contributed by atoms with van der Waals surface area (Å²) >= 11 is 0. The Kier molecular flexibility index (Phi) is 2.80. The molecule has 0 aliphatic rings. The standard InChI is InChI=1S/C10H10O3/c1-7(11)9-4-2-8(3-5-9)6-10(12)13/h2-5H,6H2,1H3,(H,12,13). The van der Waals surface area contributed by atoms with Gasteiger partial charge in [-0.2, -0.15) is 0 Å². The first-order valence-electron chi connectivity index (χ1n) is 3.91. The lowest BCUT2D eigenvalue weighted by Crippen LogP contribution is -2.00. The largest absolute Gasteiger partial charge is 0.481 e. The second kappa shape index (κ2) is 3.85. The number of carbonyl (C=O) groups excluding carboxylic acids is 1. The summed E-state index contributed by atoms with van der Waals surface area (Å²) in [4.78, 5) is 21.2. The maximum Gasteiger partial charge on any atom is 0.307 e. The van der Waals surface area contributed by atoms with E-state index in [-0.39, 0.29) is 12.2 Å². The highest BCUT2D eigenvalue weighted by atomic mass is 16.4. The highest BCUT2D eigenvalue weighted by Gasteiger charge is 2.01. The Hall–Kier alpha value is -1.64. The molecule has 0 amide bonds. The van der Waals surface area contributed by atoms with Crippen LogP contribution < -0.4 is 0 Å². The van der Waals surface area contributed by atoms with Crippen LogP contribution in [0.2, 0.25) is 0 Å². The molecule has 0 bridgehead atoms. The van der Waals surface area contributed by atoms with Crippen molar-refractivity contribution in [2.75, 3.05) is 0 Å². The van der Waals surface area contributed by atoms with Gasteiger partial charge in [0.25, 0.3) is 0 Å². The third kappa shape index (κ3) is 2.71. The molecule has 3 heteroatoms. The first-order chi connectivity index (χ1) is 6.09. The lowest BCUT2D eigenvalue weighted by atomic mass is 10.1. The third-order valence-corrected chi connectivity index (χ3v) is 1.72. The molecular formula is C10H10O3. The normalized spacial score (nSPS) is 9.62. The molecule has 1 rings (SSSR count). The van der Waals surface area contributed by atoms with E-state index in [1.54, 1.807) is 24.3 Å². The molecule has 68 valence electrons. The summed E-state index contributed by atoms with van der Waals surface area (Å²) in [6.07, 6.45) is -0.00180. The van der Waals surface area contributed by atoms with E-state index in [4.69, 9.17) is 5.11 Å². The molecule has 3 nitrogen and oxygen atoms in total. The second-order valence-electron chi connectivity index (χ2n) is 2.82. The van der Waals surface area contributed by atoms with E-state index >= 15 is 0 Å². The molecule has 0 fully saturated rings. The topological polar surface area (TPSA) is 54.4 Å². The quantitative estimate of drug-likeness (QED) is 0.714. The van der Waals surface area contributed by atoms with Gasteiger partial charge >= 0.3 is 5.97 Å². The van der Waals surface area contributed by atoms with Crippen molar-refractivity contribution in [2.24, 2.45) is 0 Å². The molecule has 0 spiro atoms. The Morgan fingerprint density at radius 1 is 1.23 bits per heavy atom. The van der Waals surface area contributed by atoms with Crippen LogP contribution in [0.25, 0.3) is 0 Å². The van der Waals surface area contributed by atoms with Crippen LogP contribution >= 0.6 is 0 Å². The first-order valence-corrected chi connectivity index (χ1v) is 3.91. The molecule has 0 atom stereocenters. The smallest absolute Gasteiger partial charge is 0.307 e. The maximum absolute atomic E-state index is 10.9. The number of rotatable bonds is 3. The zero-order valence-electron chi connectivity index (χ0n) is 7.28. The van der Waals surface area contributed by atoms with E-state index < -0.39 is 5.97 Å². The van der Waals surface area contributed by atoms with E-state index in [0.29, 0.717) is 11.1 Å². The number of ketones is 1. The number of aliphatic carboxylic acids is 1. The Balaban J connectivity index is 2.81. The molecule has 1 aromatic rings. The molecule has 0 unspecified atom stereocenters. The number of carboxylic acid groups (broad SMARTS) is 1. The summed E-state index contributed by atoms with van der Waals surface area (Å²) in [6.45, 7) is 1.48. The summed E-state index contributed by atoms with van der Waals surface area (Å²) in [5.74, 6) is -0.877. The average Bonchev–Trinajstić information content (AvgIpc) is 2.04. The number of hydrogen-bond donors (Lipinski definition) is 1. The zero-order valence-corrected chi connectivity index (χ0v) is 7.28. The molecule has 13 heavy (non-hydrogen) atoms. The molecule has 0 aromatic heterocycles. The fourth-order valence-electron chi connectivity index (χ4n) is 1.03. The molecule has 1 N–H and O–H groups in total. The Morgan fingerprint density at radius 2 is 1.77 bits per heavy atom. The van der Waals surface area contributed by atoms with E-state index in [1.807, 2.05) is 0 Å². The predicted molar refractivity (Wildman–Crippen MR) is 47.8 cm³/mol. The summed E-state index contributed by atoms with van der Waals surface area (Å²) in [5.41, 5.74) is 1.31. The van der Waals surface area contributed by atoms with E-state index in [2.05, 4.69) is 0 Å². The van der Waals surface area contributed by atoms with Crippen molar-refractivity contribution in [1.82, 2.24) is 0 Å². The van der Waals surface area contributed by atoms with Gasteiger partial charge in [0.2, 0.25) is 0 Å². The fourth-order valence-corrected chi connectivity index (χ4v) is 1.03. The summed E-state index contributed by atoms with van der Waals surface area (Å²) < 4.78 is 0. The minimum atomic E-state index is -0.865. The van der Waals surface area contributed by atoms with Gasteiger partial charge in [0.1, 0.15) is 0 Å².